The van der Waals surface area contributed by atoms with Gasteiger partial charge in [0.05, 0.1) is 0 Å². The molecule has 2 aromatic rings. The number of benzene rings is 2. The van der Waals surface area contributed by atoms with E-state index in [0.717, 1.165) is 12.5 Å². The molecule has 0 radical (unpaired) electrons. The van der Waals surface area contributed by atoms with Crippen LogP contribution >= 0.6 is 0 Å². The summed E-state index contributed by atoms with van der Waals surface area (Å²) in [5, 5.41) is 8.82. The van der Waals surface area contributed by atoms with E-state index in [1.54, 1.807) is 0 Å². The minimum atomic E-state index is -3.19. The minimum Gasteiger partial charge on any atom is -0.489 e. The van der Waals surface area contributed by atoms with Gasteiger partial charge in [0.15, 0.2) is 0 Å². The van der Waals surface area contributed by atoms with E-state index in [2.05, 4.69) is 0 Å². The molecule has 0 aliphatic heterocycles. The third kappa shape index (κ3) is 6.32. The molecule has 1 aliphatic rings. The summed E-state index contributed by atoms with van der Waals surface area (Å²) in [5.41, 5.74) is 1.91. The van der Waals surface area contributed by atoms with Gasteiger partial charge in [-0.25, -0.2) is 17.6 Å². The largest absolute Gasteiger partial charge is 0.489 e. The summed E-state index contributed by atoms with van der Waals surface area (Å²) in [6.07, 6.45) is -0.668. The van der Waals surface area contributed by atoms with Crippen LogP contribution in [0.3, 0.4) is 0 Å². The molecule has 7 heteroatoms. The van der Waals surface area contributed by atoms with Gasteiger partial charge in [0.2, 0.25) is 0 Å². The van der Waals surface area contributed by atoms with Crippen LogP contribution in [0, 0.1) is 0 Å². The summed E-state index contributed by atoms with van der Waals surface area (Å²) in [5.74, 6) is -6.97. The van der Waals surface area contributed by atoms with E-state index in [9.17, 15) is 22.4 Å². The van der Waals surface area contributed by atoms with E-state index in [1.165, 1.54) is 18.2 Å². The number of carboxylic acid groups (broad SMARTS) is 1. The Labute approximate surface area is 178 Å². The van der Waals surface area contributed by atoms with E-state index in [-0.39, 0.29) is 42.7 Å². The molecule has 31 heavy (non-hydrogen) atoms. The van der Waals surface area contributed by atoms with Crippen molar-refractivity contribution in [1.82, 2.24) is 0 Å². The van der Waals surface area contributed by atoms with Crippen LogP contribution in [0.5, 0.6) is 5.75 Å². The molecule has 3 nitrogen and oxygen atoms in total. The number of halogens is 4. The third-order valence-electron chi connectivity index (χ3n) is 5.28. The number of rotatable bonds is 9. The molecule has 1 aliphatic carbocycles. The smallest absolute Gasteiger partial charge is 0.303 e. The normalized spacial score (nSPS) is 15.9. The predicted octanol–water partition coefficient (Wildman–Crippen LogP) is 6.16. The number of aryl methyl sites for hydroxylation is 1. The summed E-state index contributed by atoms with van der Waals surface area (Å²) in [4.78, 5) is 10.8. The SMILES string of the molecule is CC(F)(F)c1cc(OCC2=C(Cc3ccccc3)CC(F)(F)C2)ccc1CCC(=O)O. The Balaban J connectivity index is 1.78. The van der Waals surface area contributed by atoms with E-state index < -0.39 is 24.2 Å². The highest BCUT2D eigenvalue weighted by molar-refractivity contribution is 5.67. The maximum Gasteiger partial charge on any atom is 0.303 e. The predicted molar refractivity (Wildman–Crippen MR) is 109 cm³/mol. The lowest BCUT2D eigenvalue weighted by Crippen LogP contribution is -2.13. The number of aliphatic carboxylic acids is 1. The standard InChI is InChI=1S/C24H24F4O3/c1-23(25,26)21-12-20(9-7-17(21)8-10-22(29)30)31-15-19-14-24(27,28)13-18(19)11-16-5-3-2-4-6-16/h2-7,9,12H,8,10-11,13-15H2,1H3,(H,29,30). The summed E-state index contributed by atoms with van der Waals surface area (Å²) in [6.45, 7) is 0.620. The maximum atomic E-state index is 14.1. The molecule has 166 valence electrons. The van der Waals surface area contributed by atoms with Gasteiger partial charge >= 0.3 is 5.97 Å². The van der Waals surface area contributed by atoms with Crippen molar-refractivity contribution in [1.29, 1.82) is 0 Å². The number of hydrogen-bond acceptors (Lipinski definition) is 2. The first-order valence-corrected chi connectivity index (χ1v) is 10.0. The van der Waals surface area contributed by atoms with E-state index in [4.69, 9.17) is 9.84 Å². The van der Waals surface area contributed by atoms with Crippen molar-refractivity contribution in [2.75, 3.05) is 6.61 Å². The van der Waals surface area contributed by atoms with Gasteiger partial charge in [-0.15, -0.1) is 0 Å². The van der Waals surface area contributed by atoms with Gasteiger partial charge in [-0.3, -0.25) is 4.79 Å². The molecular weight excluding hydrogens is 412 g/mol. The molecule has 0 aromatic heterocycles. The van der Waals surface area contributed by atoms with E-state index in [0.29, 0.717) is 17.6 Å². The van der Waals surface area contributed by atoms with Gasteiger partial charge < -0.3 is 9.84 Å². The van der Waals surface area contributed by atoms with E-state index in [1.807, 2.05) is 30.3 Å². The Morgan fingerprint density at radius 2 is 1.77 bits per heavy atom. The van der Waals surface area contributed by atoms with Crippen LogP contribution in [0.1, 0.15) is 42.9 Å². The van der Waals surface area contributed by atoms with Crippen molar-refractivity contribution < 1.29 is 32.2 Å². The Bertz CT molecular complexity index is 963. The fraction of sp³-hybridized carbons (Fsp3) is 0.375. The number of alkyl halides is 4. The molecule has 2 aromatic carbocycles. The summed E-state index contributed by atoms with van der Waals surface area (Å²) < 4.78 is 61.8. The van der Waals surface area contributed by atoms with Crippen LogP contribution in [0.2, 0.25) is 0 Å². The number of allylic oxidation sites excluding steroid dienone is 1. The van der Waals surface area contributed by atoms with Crippen LogP contribution in [-0.2, 0) is 23.6 Å². The second-order valence-electron chi connectivity index (χ2n) is 7.97. The van der Waals surface area contributed by atoms with Crippen LogP contribution in [-0.4, -0.2) is 23.6 Å². The van der Waals surface area contributed by atoms with Gasteiger partial charge in [-0.1, -0.05) is 42.0 Å². The number of hydrogen-bond donors (Lipinski definition) is 1. The summed E-state index contributed by atoms with van der Waals surface area (Å²) >= 11 is 0. The summed E-state index contributed by atoms with van der Waals surface area (Å²) in [6, 6.07) is 13.3. The average molecular weight is 436 g/mol. The maximum absolute atomic E-state index is 14.1. The van der Waals surface area contributed by atoms with Gasteiger partial charge in [0.1, 0.15) is 12.4 Å². The molecule has 0 bridgehead atoms. The highest BCUT2D eigenvalue weighted by Gasteiger charge is 2.39. The first-order chi connectivity index (χ1) is 14.5. The lowest BCUT2D eigenvalue weighted by Gasteiger charge is -2.18. The molecule has 0 saturated heterocycles. The first kappa shape index (κ1) is 22.8. The molecule has 0 saturated carbocycles. The zero-order valence-electron chi connectivity index (χ0n) is 17.1. The van der Waals surface area contributed by atoms with E-state index >= 15 is 0 Å². The highest BCUT2D eigenvalue weighted by Crippen LogP contribution is 2.41. The summed E-state index contributed by atoms with van der Waals surface area (Å²) in [7, 11) is 0. The molecule has 0 unspecified atom stereocenters. The molecule has 1 N–H and O–H groups in total. The lowest BCUT2D eigenvalue weighted by atomic mass is 9.98. The van der Waals surface area contributed by atoms with Gasteiger partial charge in [0.25, 0.3) is 11.8 Å². The van der Waals surface area contributed by atoms with Crippen LogP contribution in [0.15, 0.2) is 59.7 Å². The molecule has 0 spiro atoms. The Hall–Kier alpha value is -2.83. The van der Waals surface area contributed by atoms with Crippen LogP contribution < -0.4 is 4.74 Å². The van der Waals surface area contributed by atoms with Crippen molar-refractivity contribution in [2.24, 2.45) is 0 Å². The Morgan fingerprint density at radius 1 is 1.10 bits per heavy atom. The zero-order chi connectivity index (χ0) is 22.6. The topological polar surface area (TPSA) is 46.5 Å². The molecule has 0 fully saturated rings. The molecule has 0 heterocycles. The first-order valence-electron chi connectivity index (χ1n) is 10.0. The highest BCUT2D eigenvalue weighted by atomic mass is 19.3. The van der Waals surface area contributed by atoms with Crippen molar-refractivity contribution in [3.63, 3.8) is 0 Å². The number of carbonyl (C=O) groups is 1. The van der Waals surface area contributed by atoms with Crippen LogP contribution in [0.25, 0.3) is 0 Å². The van der Waals surface area contributed by atoms with Gasteiger partial charge in [-0.2, -0.15) is 0 Å². The molecule has 0 amide bonds. The van der Waals surface area contributed by atoms with Crippen LogP contribution in [0.4, 0.5) is 17.6 Å². The fourth-order valence-electron chi connectivity index (χ4n) is 3.80. The number of ether oxygens (including phenoxy) is 1. The second kappa shape index (κ2) is 9.12. The van der Waals surface area contributed by atoms with Gasteiger partial charge in [0, 0.05) is 31.7 Å². The molecular formula is C24H24F4O3. The van der Waals surface area contributed by atoms with Crippen molar-refractivity contribution >= 4 is 5.97 Å². The van der Waals surface area contributed by atoms with Crippen molar-refractivity contribution in [2.45, 2.75) is 50.9 Å². The lowest BCUT2D eigenvalue weighted by molar-refractivity contribution is -0.137. The third-order valence-corrected chi connectivity index (χ3v) is 5.28. The van der Waals surface area contributed by atoms with Crippen molar-refractivity contribution in [3.8, 4) is 5.75 Å². The quantitative estimate of drug-likeness (QED) is 0.378. The monoisotopic (exact) mass is 436 g/mol. The van der Waals surface area contributed by atoms with Crippen molar-refractivity contribution in [3.05, 3.63) is 76.4 Å². The number of carboxylic acids is 1. The van der Waals surface area contributed by atoms with Gasteiger partial charge in [-0.05, 0) is 41.7 Å². The Kier molecular flexibility index (Phi) is 6.72. The fourth-order valence-corrected chi connectivity index (χ4v) is 3.80. The average Bonchev–Trinajstić information content (AvgIpc) is 2.98. The molecule has 0 atom stereocenters. The molecule has 3 rings (SSSR count). The minimum absolute atomic E-state index is 0.0347. The Morgan fingerprint density at radius 3 is 2.42 bits per heavy atom. The second-order valence-corrected chi connectivity index (χ2v) is 7.97. The zero-order valence-corrected chi connectivity index (χ0v) is 17.1.